The Hall–Kier alpha value is -3.80. The SMILES string of the molecule is NC(=O)c1cccnc1.Oc1ccc(C=Cc2cc(O)cc(O)c2)cc1. The van der Waals surface area contributed by atoms with E-state index in [-0.39, 0.29) is 17.2 Å². The van der Waals surface area contributed by atoms with Crippen LogP contribution in [0, 0.1) is 0 Å². The number of aromatic hydroxyl groups is 3. The van der Waals surface area contributed by atoms with Crippen molar-refractivity contribution < 1.29 is 20.1 Å². The molecule has 0 spiro atoms. The minimum Gasteiger partial charge on any atom is -0.508 e. The Labute approximate surface area is 150 Å². The average Bonchev–Trinajstić information content (AvgIpc) is 2.62. The molecule has 0 atom stereocenters. The van der Waals surface area contributed by atoms with Crippen LogP contribution in [0.1, 0.15) is 21.5 Å². The number of pyridine rings is 1. The van der Waals surface area contributed by atoms with Gasteiger partial charge in [-0.15, -0.1) is 0 Å². The highest BCUT2D eigenvalue weighted by Crippen LogP contribution is 2.22. The molecule has 6 heteroatoms. The molecular formula is C20H18N2O4. The van der Waals surface area contributed by atoms with E-state index in [2.05, 4.69) is 4.98 Å². The van der Waals surface area contributed by atoms with E-state index in [4.69, 9.17) is 10.8 Å². The highest BCUT2D eigenvalue weighted by molar-refractivity contribution is 5.92. The van der Waals surface area contributed by atoms with E-state index in [1.54, 1.807) is 60.8 Å². The number of carbonyl (C=O) groups excluding carboxylic acids is 1. The van der Waals surface area contributed by atoms with Gasteiger partial charge in [0.1, 0.15) is 17.2 Å². The Morgan fingerprint density at radius 1 is 0.846 bits per heavy atom. The van der Waals surface area contributed by atoms with Gasteiger partial charge in [-0.05, 0) is 47.5 Å². The maximum absolute atomic E-state index is 10.4. The van der Waals surface area contributed by atoms with Gasteiger partial charge in [-0.1, -0.05) is 24.3 Å². The molecule has 0 aliphatic carbocycles. The number of primary amides is 1. The van der Waals surface area contributed by atoms with Crippen LogP contribution in [0.25, 0.3) is 12.2 Å². The van der Waals surface area contributed by atoms with Gasteiger partial charge < -0.3 is 21.1 Å². The van der Waals surface area contributed by atoms with Crippen LogP contribution < -0.4 is 5.73 Å². The lowest BCUT2D eigenvalue weighted by Crippen LogP contribution is -2.10. The Morgan fingerprint density at radius 2 is 1.46 bits per heavy atom. The maximum Gasteiger partial charge on any atom is 0.250 e. The molecule has 5 N–H and O–H groups in total. The van der Waals surface area contributed by atoms with E-state index >= 15 is 0 Å². The number of carbonyl (C=O) groups is 1. The fourth-order valence-electron chi connectivity index (χ4n) is 2.00. The van der Waals surface area contributed by atoms with Crippen LogP contribution in [-0.4, -0.2) is 26.2 Å². The molecule has 1 amide bonds. The summed E-state index contributed by atoms with van der Waals surface area (Å²) in [5.74, 6) is -0.175. The van der Waals surface area contributed by atoms with Gasteiger partial charge in [0.25, 0.3) is 0 Å². The zero-order chi connectivity index (χ0) is 18.9. The fraction of sp³-hybridized carbons (Fsp3) is 0. The summed E-state index contributed by atoms with van der Waals surface area (Å²) in [5, 5.41) is 27.7. The van der Waals surface area contributed by atoms with E-state index in [0.717, 1.165) is 5.56 Å². The molecule has 0 bridgehead atoms. The third kappa shape index (κ3) is 6.01. The standard InChI is InChI=1S/C14H12O3.C6H6N2O/c15-12-5-3-10(4-6-12)1-2-11-7-13(16)9-14(17)8-11;7-6(9)5-2-1-3-8-4-5/h1-9,15-17H;1-4H,(H2,7,9). The molecule has 6 nitrogen and oxygen atoms in total. The molecule has 1 heterocycles. The summed E-state index contributed by atoms with van der Waals surface area (Å²) in [7, 11) is 0. The van der Waals surface area contributed by atoms with Gasteiger partial charge in [-0.3, -0.25) is 9.78 Å². The van der Waals surface area contributed by atoms with Crippen molar-refractivity contribution in [2.45, 2.75) is 0 Å². The van der Waals surface area contributed by atoms with Crippen LogP contribution >= 0.6 is 0 Å². The van der Waals surface area contributed by atoms with Gasteiger partial charge in [0, 0.05) is 18.5 Å². The van der Waals surface area contributed by atoms with Crippen molar-refractivity contribution in [3.8, 4) is 17.2 Å². The van der Waals surface area contributed by atoms with Crippen molar-refractivity contribution in [3.05, 3.63) is 83.7 Å². The van der Waals surface area contributed by atoms with Crippen molar-refractivity contribution in [2.75, 3.05) is 0 Å². The van der Waals surface area contributed by atoms with E-state index in [9.17, 15) is 15.0 Å². The molecule has 0 radical (unpaired) electrons. The average molecular weight is 350 g/mol. The van der Waals surface area contributed by atoms with Gasteiger partial charge in [-0.2, -0.15) is 0 Å². The highest BCUT2D eigenvalue weighted by atomic mass is 16.3. The zero-order valence-corrected chi connectivity index (χ0v) is 13.8. The van der Waals surface area contributed by atoms with E-state index in [1.807, 2.05) is 6.08 Å². The molecule has 26 heavy (non-hydrogen) atoms. The van der Waals surface area contributed by atoms with Crippen LogP contribution in [0.3, 0.4) is 0 Å². The lowest BCUT2D eigenvalue weighted by Gasteiger charge is -1.98. The summed E-state index contributed by atoms with van der Waals surface area (Å²) in [4.78, 5) is 14.1. The normalized spacial score (nSPS) is 10.2. The van der Waals surface area contributed by atoms with E-state index < -0.39 is 5.91 Å². The minimum absolute atomic E-state index is 0.0235. The first-order chi connectivity index (χ1) is 12.4. The highest BCUT2D eigenvalue weighted by Gasteiger charge is 1.96. The summed E-state index contributed by atoms with van der Waals surface area (Å²) >= 11 is 0. The van der Waals surface area contributed by atoms with Gasteiger partial charge in [0.2, 0.25) is 5.91 Å². The Bertz CT molecular complexity index is 871. The first-order valence-electron chi connectivity index (χ1n) is 7.64. The summed E-state index contributed by atoms with van der Waals surface area (Å²) in [5.41, 5.74) is 7.00. The third-order valence-corrected chi connectivity index (χ3v) is 3.23. The predicted octanol–water partition coefficient (Wildman–Crippen LogP) is 3.15. The van der Waals surface area contributed by atoms with Crippen LogP contribution in [0.5, 0.6) is 17.2 Å². The molecule has 0 saturated carbocycles. The number of rotatable bonds is 3. The number of phenols is 3. The number of hydrogen-bond acceptors (Lipinski definition) is 5. The molecule has 0 aliphatic rings. The van der Waals surface area contributed by atoms with Gasteiger partial charge in [0.05, 0.1) is 5.56 Å². The fourth-order valence-corrected chi connectivity index (χ4v) is 2.00. The Kier molecular flexibility index (Phi) is 6.34. The zero-order valence-electron chi connectivity index (χ0n) is 13.8. The molecule has 0 fully saturated rings. The number of amides is 1. The van der Waals surface area contributed by atoms with E-state index in [0.29, 0.717) is 11.1 Å². The second kappa shape index (κ2) is 8.89. The van der Waals surface area contributed by atoms with Crippen LogP contribution in [-0.2, 0) is 0 Å². The number of phenolic OH excluding ortho intramolecular Hbond substituents is 3. The molecule has 0 saturated heterocycles. The third-order valence-electron chi connectivity index (χ3n) is 3.23. The lowest BCUT2D eigenvalue weighted by molar-refractivity contribution is 0.1000. The summed E-state index contributed by atoms with van der Waals surface area (Å²) in [6.45, 7) is 0. The van der Waals surface area contributed by atoms with Crippen molar-refractivity contribution in [1.29, 1.82) is 0 Å². The van der Waals surface area contributed by atoms with Crippen molar-refractivity contribution in [3.63, 3.8) is 0 Å². The first-order valence-corrected chi connectivity index (χ1v) is 7.64. The van der Waals surface area contributed by atoms with Crippen molar-refractivity contribution in [1.82, 2.24) is 4.98 Å². The summed E-state index contributed by atoms with van der Waals surface area (Å²) in [6, 6.07) is 14.4. The monoisotopic (exact) mass is 350 g/mol. The smallest absolute Gasteiger partial charge is 0.250 e. The topological polar surface area (TPSA) is 117 Å². The second-order valence-electron chi connectivity index (χ2n) is 5.31. The van der Waals surface area contributed by atoms with Crippen LogP contribution in [0.15, 0.2) is 67.0 Å². The quantitative estimate of drug-likeness (QED) is 0.541. The largest absolute Gasteiger partial charge is 0.508 e. The number of benzene rings is 2. The van der Waals surface area contributed by atoms with Crippen LogP contribution in [0.4, 0.5) is 0 Å². The molecular weight excluding hydrogens is 332 g/mol. The molecule has 1 aromatic heterocycles. The van der Waals surface area contributed by atoms with Gasteiger partial charge in [0.15, 0.2) is 0 Å². The molecule has 3 aromatic rings. The molecule has 0 aliphatic heterocycles. The van der Waals surface area contributed by atoms with Crippen molar-refractivity contribution >= 4 is 18.1 Å². The van der Waals surface area contributed by atoms with Crippen molar-refractivity contribution in [2.24, 2.45) is 5.73 Å². The minimum atomic E-state index is -0.442. The predicted molar refractivity (Wildman–Crippen MR) is 99.6 cm³/mol. The molecule has 132 valence electrons. The molecule has 0 unspecified atom stereocenters. The van der Waals surface area contributed by atoms with Gasteiger partial charge >= 0.3 is 0 Å². The Morgan fingerprint density at radius 3 is 1.96 bits per heavy atom. The maximum atomic E-state index is 10.4. The second-order valence-corrected chi connectivity index (χ2v) is 5.31. The summed E-state index contributed by atoms with van der Waals surface area (Å²) in [6.07, 6.45) is 6.62. The van der Waals surface area contributed by atoms with Crippen LogP contribution in [0.2, 0.25) is 0 Å². The number of nitrogens with two attached hydrogens (primary N) is 1. The first kappa shape index (κ1) is 18.5. The number of nitrogens with zero attached hydrogens (tertiary/aromatic N) is 1. The number of hydrogen-bond donors (Lipinski definition) is 4. The number of aromatic nitrogens is 1. The lowest BCUT2D eigenvalue weighted by atomic mass is 10.1. The molecule has 3 rings (SSSR count). The summed E-state index contributed by atoms with van der Waals surface area (Å²) < 4.78 is 0. The molecule has 2 aromatic carbocycles. The van der Waals surface area contributed by atoms with Gasteiger partial charge in [-0.25, -0.2) is 0 Å². The Balaban J connectivity index is 0.000000228. The van der Waals surface area contributed by atoms with E-state index in [1.165, 1.54) is 12.3 Å².